The third kappa shape index (κ3) is 4.28. The fourth-order valence-electron chi connectivity index (χ4n) is 1.51. The highest BCUT2D eigenvalue weighted by Gasteiger charge is 2.08. The average Bonchev–Trinajstić information content (AvgIpc) is 2.49. The van der Waals surface area contributed by atoms with Crippen molar-refractivity contribution in [3.8, 4) is 0 Å². The summed E-state index contributed by atoms with van der Waals surface area (Å²) in [6.45, 7) is 1.46. The molecule has 21 heavy (non-hydrogen) atoms. The van der Waals surface area contributed by atoms with Gasteiger partial charge in [0.1, 0.15) is 5.03 Å². The third-order valence-corrected chi connectivity index (χ3v) is 3.35. The Morgan fingerprint density at radius 2 is 1.86 bits per heavy atom. The van der Waals surface area contributed by atoms with E-state index in [-0.39, 0.29) is 11.6 Å². The van der Waals surface area contributed by atoms with Gasteiger partial charge in [0.15, 0.2) is 5.69 Å². The fourth-order valence-corrected chi connectivity index (χ4v) is 2.23. The maximum atomic E-state index is 11.2. The number of hydrogen-bond donors (Lipinski definition) is 1. The van der Waals surface area contributed by atoms with Crippen LogP contribution in [0.3, 0.4) is 0 Å². The Hall–Kier alpha value is -2.41. The summed E-state index contributed by atoms with van der Waals surface area (Å²) in [5.41, 5.74) is 0.904. The van der Waals surface area contributed by atoms with Crippen LogP contribution in [0.5, 0.6) is 0 Å². The molecule has 1 N–H and O–H groups in total. The van der Waals surface area contributed by atoms with Crippen molar-refractivity contribution in [1.29, 1.82) is 0 Å². The molecule has 0 radical (unpaired) electrons. The minimum atomic E-state index is -0.515. The number of amides is 1. The summed E-state index contributed by atoms with van der Waals surface area (Å²) in [6.07, 6.45) is 2.89. The number of nitrogens with zero attached hydrogens (tertiary/aromatic N) is 2. The van der Waals surface area contributed by atoms with E-state index < -0.39 is 5.97 Å². The molecule has 0 saturated heterocycles. The van der Waals surface area contributed by atoms with Crippen molar-refractivity contribution in [2.45, 2.75) is 16.8 Å². The van der Waals surface area contributed by atoms with Crippen molar-refractivity contribution < 1.29 is 14.3 Å². The summed E-state index contributed by atoms with van der Waals surface area (Å²) in [4.78, 5) is 31.3. The van der Waals surface area contributed by atoms with Crippen molar-refractivity contribution in [3.63, 3.8) is 0 Å². The van der Waals surface area contributed by atoms with E-state index in [0.29, 0.717) is 5.03 Å². The first-order valence-corrected chi connectivity index (χ1v) is 6.86. The van der Waals surface area contributed by atoms with Crippen molar-refractivity contribution in [3.05, 3.63) is 42.4 Å². The van der Waals surface area contributed by atoms with Gasteiger partial charge in [0.05, 0.1) is 19.5 Å². The van der Waals surface area contributed by atoms with E-state index in [1.54, 1.807) is 12.1 Å². The lowest BCUT2D eigenvalue weighted by molar-refractivity contribution is -0.114. The van der Waals surface area contributed by atoms with Gasteiger partial charge < -0.3 is 10.1 Å². The lowest BCUT2D eigenvalue weighted by atomic mass is 10.3. The monoisotopic (exact) mass is 303 g/mol. The molecule has 0 aliphatic heterocycles. The first-order chi connectivity index (χ1) is 10.1. The molecule has 0 aliphatic rings. The molecule has 7 heteroatoms. The minimum Gasteiger partial charge on any atom is -0.464 e. The van der Waals surface area contributed by atoms with Gasteiger partial charge >= 0.3 is 5.97 Å². The second-order valence-corrected chi connectivity index (χ2v) is 5.13. The number of aromatic nitrogens is 2. The Balaban J connectivity index is 2.04. The molecular weight excluding hydrogens is 290 g/mol. The molecule has 0 atom stereocenters. The van der Waals surface area contributed by atoms with Gasteiger partial charge in [-0.3, -0.25) is 4.79 Å². The topological polar surface area (TPSA) is 81.2 Å². The molecule has 6 nitrogen and oxygen atoms in total. The number of methoxy groups -OCH3 is 1. The largest absolute Gasteiger partial charge is 0.464 e. The first kappa shape index (κ1) is 15.0. The third-order valence-electron chi connectivity index (χ3n) is 2.42. The zero-order chi connectivity index (χ0) is 15.2. The minimum absolute atomic E-state index is 0.111. The Morgan fingerprint density at radius 1 is 1.14 bits per heavy atom. The maximum absolute atomic E-state index is 11.2. The molecule has 1 aromatic heterocycles. The van der Waals surface area contributed by atoms with E-state index in [9.17, 15) is 9.59 Å². The number of ether oxygens (including phenoxy) is 1. The van der Waals surface area contributed by atoms with Crippen LogP contribution < -0.4 is 5.32 Å². The van der Waals surface area contributed by atoms with E-state index in [2.05, 4.69) is 20.0 Å². The summed E-state index contributed by atoms with van der Waals surface area (Å²) < 4.78 is 4.56. The number of rotatable bonds is 4. The molecule has 108 valence electrons. The summed E-state index contributed by atoms with van der Waals surface area (Å²) >= 11 is 1.40. The van der Waals surface area contributed by atoms with Crippen molar-refractivity contribution in [1.82, 2.24) is 9.97 Å². The normalized spacial score (nSPS) is 10.0. The van der Waals surface area contributed by atoms with Crippen molar-refractivity contribution in [2.75, 3.05) is 12.4 Å². The Bertz CT molecular complexity index is 642. The van der Waals surface area contributed by atoms with Crippen LogP contribution >= 0.6 is 11.8 Å². The predicted molar refractivity (Wildman–Crippen MR) is 78.2 cm³/mol. The van der Waals surface area contributed by atoms with Gasteiger partial charge in [-0.2, -0.15) is 0 Å². The second-order valence-electron chi connectivity index (χ2n) is 4.04. The second kappa shape index (κ2) is 6.85. The first-order valence-electron chi connectivity index (χ1n) is 6.04. The van der Waals surface area contributed by atoms with E-state index in [1.165, 1.54) is 38.2 Å². The number of hydrogen-bond acceptors (Lipinski definition) is 6. The molecule has 0 spiro atoms. The molecule has 0 saturated carbocycles. The molecule has 1 aromatic carbocycles. The maximum Gasteiger partial charge on any atom is 0.358 e. The van der Waals surface area contributed by atoms with Gasteiger partial charge in [0.2, 0.25) is 5.91 Å². The lowest BCUT2D eigenvalue weighted by Crippen LogP contribution is -2.05. The number of carbonyl (C=O) groups is 2. The smallest absolute Gasteiger partial charge is 0.358 e. The van der Waals surface area contributed by atoms with Crippen LogP contribution in [0.15, 0.2) is 46.6 Å². The Kier molecular flexibility index (Phi) is 4.89. The Labute approximate surface area is 125 Å². The van der Waals surface area contributed by atoms with Gasteiger partial charge in [-0.15, -0.1) is 0 Å². The van der Waals surface area contributed by atoms with Crippen molar-refractivity contribution in [2.24, 2.45) is 0 Å². The number of esters is 1. The highest BCUT2D eigenvalue weighted by molar-refractivity contribution is 7.99. The summed E-state index contributed by atoms with van der Waals surface area (Å²) in [6, 6.07) is 7.34. The molecule has 2 aromatic rings. The highest BCUT2D eigenvalue weighted by atomic mass is 32.2. The number of carbonyl (C=O) groups excluding carboxylic acids is 2. The van der Waals surface area contributed by atoms with Crippen LogP contribution in [-0.4, -0.2) is 29.0 Å². The summed E-state index contributed by atoms with van der Waals surface area (Å²) in [5.74, 6) is -0.627. The van der Waals surface area contributed by atoms with E-state index in [0.717, 1.165) is 10.6 Å². The number of nitrogens with one attached hydrogen (secondary N) is 1. The summed E-state index contributed by atoms with van der Waals surface area (Å²) in [5, 5.41) is 3.36. The molecule has 0 unspecified atom stereocenters. The molecule has 1 amide bonds. The highest BCUT2D eigenvalue weighted by Crippen LogP contribution is 2.26. The van der Waals surface area contributed by atoms with Crippen LogP contribution in [0.1, 0.15) is 17.4 Å². The van der Waals surface area contributed by atoms with Crippen LogP contribution in [0.4, 0.5) is 5.69 Å². The SMILES string of the molecule is COC(=O)c1cnc(Sc2ccc(NC(C)=O)cc2)cn1. The van der Waals surface area contributed by atoms with Crippen LogP contribution in [0, 0.1) is 0 Å². The van der Waals surface area contributed by atoms with Crippen LogP contribution in [0.2, 0.25) is 0 Å². The van der Waals surface area contributed by atoms with Crippen molar-refractivity contribution >= 4 is 29.3 Å². The molecule has 0 aliphatic carbocycles. The average molecular weight is 303 g/mol. The van der Waals surface area contributed by atoms with Gasteiger partial charge in [0.25, 0.3) is 0 Å². The molecular formula is C14H13N3O3S. The molecule has 0 fully saturated rings. The van der Waals surface area contributed by atoms with E-state index in [1.807, 2.05) is 12.1 Å². The van der Waals surface area contributed by atoms with Gasteiger partial charge in [-0.05, 0) is 24.3 Å². The van der Waals surface area contributed by atoms with E-state index >= 15 is 0 Å². The predicted octanol–water partition coefficient (Wildman–Crippen LogP) is 2.37. The quantitative estimate of drug-likeness (QED) is 0.873. The molecule has 1 heterocycles. The zero-order valence-corrected chi connectivity index (χ0v) is 12.3. The zero-order valence-electron chi connectivity index (χ0n) is 11.5. The molecule has 0 bridgehead atoms. The summed E-state index contributed by atoms with van der Waals surface area (Å²) in [7, 11) is 1.29. The van der Waals surface area contributed by atoms with Crippen LogP contribution in [-0.2, 0) is 9.53 Å². The lowest BCUT2D eigenvalue weighted by Gasteiger charge is -2.04. The number of benzene rings is 1. The van der Waals surface area contributed by atoms with E-state index in [4.69, 9.17) is 0 Å². The van der Waals surface area contributed by atoms with Gasteiger partial charge in [-0.1, -0.05) is 11.8 Å². The Morgan fingerprint density at radius 3 is 2.38 bits per heavy atom. The van der Waals surface area contributed by atoms with Crippen LogP contribution in [0.25, 0.3) is 0 Å². The standard InChI is InChI=1S/C14H13N3O3S/c1-9(18)17-10-3-5-11(6-4-10)21-13-8-15-12(7-16-13)14(19)20-2/h3-8H,1-2H3,(H,17,18). The van der Waals surface area contributed by atoms with Gasteiger partial charge in [-0.25, -0.2) is 14.8 Å². The van der Waals surface area contributed by atoms with Gasteiger partial charge in [0, 0.05) is 17.5 Å². The molecule has 2 rings (SSSR count). The fraction of sp³-hybridized carbons (Fsp3) is 0.143. The number of anilines is 1.